The van der Waals surface area contributed by atoms with E-state index in [1.807, 2.05) is 0 Å². The SMILES string of the molecule is CC(=O)CON=CC(F)C(O)C(O)C(O)CO. The fraction of sp³-hybridized carbons (Fsp3) is 0.778. The van der Waals surface area contributed by atoms with Crippen LogP contribution < -0.4 is 0 Å². The average Bonchev–Trinajstić information content (AvgIpc) is 2.31. The van der Waals surface area contributed by atoms with Crippen LogP contribution in [0, 0.1) is 0 Å². The molecule has 0 aromatic heterocycles. The van der Waals surface area contributed by atoms with Gasteiger partial charge in [0.25, 0.3) is 0 Å². The first kappa shape index (κ1) is 15.9. The smallest absolute Gasteiger partial charge is 0.174 e. The highest BCUT2D eigenvalue weighted by Gasteiger charge is 2.30. The average molecular weight is 253 g/mol. The highest BCUT2D eigenvalue weighted by molar-refractivity contribution is 5.76. The summed E-state index contributed by atoms with van der Waals surface area (Å²) in [6.07, 6.45) is -7.02. The summed E-state index contributed by atoms with van der Waals surface area (Å²) in [7, 11) is 0. The lowest BCUT2D eigenvalue weighted by Gasteiger charge is -2.22. The summed E-state index contributed by atoms with van der Waals surface area (Å²) in [5.41, 5.74) is 0. The Hall–Kier alpha value is -1.09. The molecule has 0 saturated heterocycles. The van der Waals surface area contributed by atoms with E-state index in [0.29, 0.717) is 6.21 Å². The molecule has 0 aliphatic carbocycles. The summed E-state index contributed by atoms with van der Waals surface area (Å²) in [5.74, 6) is -0.311. The van der Waals surface area contributed by atoms with Crippen LogP contribution in [0.4, 0.5) is 4.39 Å². The minimum absolute atomic E-state index is 0.311. The largest absolute Gasteiger partial charge is 0.394 e. The fourth-order valence-corrected chi connectivity index (χ4v) is 0.841. The predicted octanol–water partition coefficient (Wildman–Crippen LogP) is -2.01. The molecule has 0 aromatic rings. The summed E-state index contributed by atoms with van der Waals surface area (Å²) in [6, 6.07) is 0. The van der Waals surface area contributed by atoms with Gasteiger partial charge in [-0.05, 0) is 6.92 Å². The number of Topliss-reactive ketones (excluding diaryl/α,β-unsaturated/α-hetero) is 1. The first-order chi connectivity index (χ1) is 7.90. The lowest BCUT2D eigenvalue weighted by atomic mass is 10.1. The van der Waals surface area contributed by atoms with Gasteiger partial charge in [0.2, 0.25) is 0 Å². The number of carbonyl (C=O) groups excluding carboxylic acids is 1. The van der Waals surface area contributed by atoms with Gasteiger partial charge in [0.05, 0.1) is 12.8 Å². The monoisotopic (exact) mass is 253 g/mol. The van der Waals surface area contributed by atoms with E-state index in [9.17, 15) is 14.3 Å². The van der Waals surface area contributed by atoms with Crippen molar-refractivity contribution in [1.29, 1.82) is 0 Å². The minimum atomic E-state index is -2.10. The Kier molecular flexibility index (Phi) is 7.55. The lowest BCUT2D eigenvalue weighted by molar-refractivity contribution is -0.121. The minimum Gasteiger partial charge on any atom is -0.394 e. The number of aliphatic hydroxyl groups excluding tert-OH is 4. The fourth-order valence-electron chi connectivity index (χ4n) is 0.841. The third-order valence-electron chi connectivity index (χ3n) is 1.80. The van der Waals surface area contributed by atoms with Crippen LogP contribution in [-0.2, 0) is 9.63 Å². The zero-order chi connectivity index (χ0) is 13.4. The van der Waals surface area contributed by atoms with Crippen molar-refractivity contribution in [3.8, 4) is 0 Å². The predicted molar refractivity (Wildman–Crippen MR) is 55.1 cm³/mol. The Morgan fingerprint density at radius 1 is 1.41 bits per heavy atom. The molecule has 7 nitrogen and oxygen atoms in total. The molecule has 8 heteroatoms. The zero-order valence-corrected chi connectivity index (χ0v) is 9.23. The number of rotatable bonds is 8. The Morgan fingerprint density at radius 2 is 2.00 bits per heavy atom. The highest BCUT2D eigenvalue weighted by atomic mass is 19.1. The summed E-state index contributed by atoms with van der Waals surface area (Å²) in [4.78, 5) is 14.8. The van der Waals surface area contributed by atoms with E-state index < -0.39 is 31.1 Å². The number of oxime groups is 1. The Labute approximate surface area is 97.1 Å². The summed E-state index contributed by atoms with van der Waals surface area (Å²) in [6.45, 7) is 0.0999. The summed E-state index contributed by atoms with van der Waals surface area (Å²) >= 11 is 0. The number of hydrogen-bond acceptors (Lipinski definition) is 7. The van der Waals surface area contributed by atoms with Gasteiger partial charge in [0.1, 0.15) is 18.3 Å². The van der Waals surface area contributed by atoms with Crippen molar-refractivity contribution < 1.29 is 34.4 Å². The molecular weight excluding hydrogens is 237 g/mol. The molecule has 0 aliphatic heterocycles. The Morgan fingerprint density at radius 3 is 2.47 bits per heavy atom. The van der Waals surface area contributed by atoms with Crippen LogP contribution in [0.15, 0.2) is 5.16 Å². The third kappa shape index (κ3) is 6.27. The van der Waals surface area contributed by atoms with Crippen molar-refractivity contribution in [2.24, 2.45) is 5.16 Å². The lowest BCUT2D eigenvalue weighted by Crippen LogP contribution is -2.44. The van der Waals surface area contributed by atoms with Crippen LogP contribution >= 0.6 is 0 Å². The molecule has 0 heterocycles. The first-order valence-electron chi connectivity index (χ1n) is 4.84. The van der Waals surface area contributed by atoms with Gasteiger partial charge < -0.3 is 25.3 Å². The molecule has 4 atom stereocenters. The Bertz CT molecular complexity index is 262. The van der Waals surface area contributed by atoms with E-state index in [2.05, 4.69) is 9.99 Å². The molecule has 17 heavy (non-hydrogen) atoms. The maximum Gasteiger partial charge on any atom is 0.174 e. The molecule has 4 unspecified atom stereocenters. The highest BCUT2D eigenvalue weighted by Crippen LogP contribution is 2.06. The van der Waals surface area contributed by atoms with E-state index in [0.717, 1.165) is 0 Å². The topological polar surface area (TPSA) is 120 Å². The molecule has 0 radical (unpaired) electrons. The quantitative estimate of drug-likeness (QED) is 0.293. The van der Waals surface area contributed by atoms with Crippen LogP contribution in [-0.4, -0.2) is 70.1 Å². The number of alkyl halides is 1. The van der Waals surface area contributed by atoms with Crippen molar-refractivity contribution in [2.45, 2.75) is 31.4 Å². The van der Waals surface area contributed by atoms with Crippen LogP contribution in [0.1, 0.15) is 6.92 Å². The molecule has 100 valence electrons. The van der Waals surface area contributed by atoms with Gasteiger partial charge in [-0.3, -0.25) is 4.79 Å². The van der Waals surface area contributed by atoms with E-state index >= 15 is 0 Å². The number of carbonyl (C=O) groups is 1. The van der Waals surface area contributed by atoms with Crippen LogP contribution in [0.5, 0.6) is 0 Å². The normalized spacial score (nSPS) is 18.7. The molecule has 0 aliphatic rings. The van der Waals surface area contributed by atoms with Crippen LogP contribution in [0.25, 0.3) is 0 Å². The van der Waals surface area contributed by atoms with E-state index in [4.69, 9.17) is 15.3 Å². The number of aliphatic hydroxyl groups is 4. The molecule has 0 saturated carbocycles. The van der Waals surface area contributed by atoms with Crippen molar-refractivity contribution >= 4 is 12.0 Å². The molecule has 4 N–H and O–H groups in total. The number of nitrogens with zero attached hydrogens (tertiary/aromatic N) is 1. The van der Waals surface area contributed by atoms with Gasteiger partial charge in [0, 0.05) is 0 Å². The van der Waals surface area contributed by atoms with Crippen LogP contribution in [0.2, 0.25) is 0 Å². The van der Waals surface area contributed by atoms with Crippen molar-refractivity contribution in [2.75, 3.05) is 13.2 Å². The van der Waals surface area contributed by atoms with Gasteiger partial charge in [-0.1, -0.05) is 5.16 Å². The van der Waals surface area contributed by atoms with Gasteiger partial charge in [-0.25, -0.2) is 4.39 Å². The Balaban J connectivity index is 4.12. The van der Waals surface area contributed by atoms with Crippen molar-refractivity contribution in [3.05, 3.63) is 0 Å². The molecule has 0 aromatic carbocycles. The van der Waals surface area contributed by atoms with Gasteiger partial charge in [0.15, 0.2) is 18.6 Å². The standard InChI is InChI=1S/C9H16FNO6/c1-5(13)4-17-11-2-6(10)8(15)9(16)7(14)3-12/h2,6-9,12,14-16H,3-4H2,1H3. The van der Waals surface area contributed by atoms with Crippen molar-refractivity contribution in [1.82, 2.24) is 0 Å². The molecular formula is C9H16FNO6. The molecule has 0 rings (SSSR count). The third-order valence-corrected chi connectivity index (χ3v) is 1.80. The number of hydrogen-bond donors (Lipinski definition) is 4. The molecule has 0 amide bonds. The van der Waals surface area contributed by atoms with Gasteiger partial charge in [-0.15, -0.1) is 0 Å². The van der Waals surface area contributed by atoms with E-state index in [1.54, 1.807) is 0 Å². The maximum absolute atomic E-state index is 13.2. The van der Waals surface area contributed by atoms with E-state index in [-0.39, 0.29) is 12.4 Å². The summed E-state index contributed by atoms with van der Waals surface area (Å²) in [5, 5.41) is 38.8. The summed E-state index contributed by atoms with van der Waals surface area (Å²) < 4.78 is 13.2. The number of halogens is 1. The first-order valence-corrected chi connectivity index (χ1v) is 4.84. The van der Waals surface area contributed by atoms with Crippen molar-refractivity contribution in [3.63, 3.8) is 0 Å². The van der Waals surface area contributed by atoms with Gasteiger partial charge >= 0.3 is 0 Å². The maximum atomic E-state index is 13.2. The second-order valence-electron chi connectivity index (χ2n) is 3.41. The zero-order valence-electron chi connectivity index (χ0n) is 9.23. The number of ketones is 1. The van der Waals surface area contributed by atoms with Gasteiger partial charge in [-0.2, -0.15) is 0 Å². The molecule has 0 spiro atoms. The second-order valence-corrected chi connectivity index (χ2v) is 3.41. The molecule has 0 bridgehead atoms. The van der Waals surface area contributed by atoms with Crippen LogP contribution in [0.3, 0.4) is 0 Å². The second kappa shape index (κ2) is 8.07. The van der Waals surface area contributed by atoms with E-state index in [1.165, 1.54) is 6.92 Å². The molecule has 0 fully saturated rings.